The average molecular weight is 331 g/mol. The topological polar surface area (TPSA) is 72.2 Å². The molecule has 2 aromatic rings. The molecule has 1 N–H and O–H groups in total. The maximum absolute atomic E-state index is 12.0. The second-order valence-corrected chi connectivity index (χ2v) is 5.45. The molecule has 0 atom stereocenters. The van der Waals surface area contributed by atoms with E-state index in [1.807, 2.05) is 32.0 Å². The molecule has 0 aliphatic carbocycles. The molecular formula is C17H15ClN2O3. The van der Waals surface area contributed by atoms with Crippen molar-refractivity contribution in [3.8, 4) is 0 Å². The molecule has 2 aromatic carbocycles. The van der Waals surface area contributed by atoms with E-state index in [4.69, 9.17) is 11.6 Å². The molecule has 0 aliphatic heterocycles. The average Bonchev–Trinajstić information content (AvgIpc) is 2.51. The van der Waals surface area contributed by atoms with E-state index < -0.39 is 4.92 Å². The van der Waals surface area contributed by atoms with E-state index in [1.165, 1.54) is 24.3 Å². The van der Waals surface area contributed by atoms with E-state index in [-0.39, 0.29) is 16.6 Å². The van der Waals surface area contributed by atoms with Crippen molar-refractivity contribution in [3.05, 3.63) is 74.3 Å². The van der Waals surface area contributed by atoms with Crippen LogP contribution in [-0.4, -0.2) is 10.8 Å². The Morgan fingerprint density at radius 1 is 1.26 bits per heavy atom. The highest BCUT2D eigenvalue weighted by molar-refractivity contribution is 6.32. The first-order valence-corrected chi connectivity index (χ1v) is 7.25. The molecule has 23 heavy (non-hydrogen) atoms. The number of nitro groups is 1. The van der Waals surface area contributed by atoms with Gasteiger partial charge in [0.2, 0.25) is 5.91 Å². The van der Waals surface area contributed by atoms with Crippen molar-refractivity contribution in [1.82, 2.24) is 0 Å². The number of hydrogen-bond donors (Lipinski definition) is 1. The van der Waals surface area contributed by atoms with Crippen molar-refractivity contribution in [3.63, 3.8) is 0 Å². The first-order chi connectivity index (χ1) is 10.9. The van der Waals surface area contributed by atoms with Crippen molar-refractivity contribution in [2.75, 3.05) is 5.32 Å². The van der Waals surface area contributed by atoms with Gasteiger partial charge in [-0.1, -0.05) is 29.8 Å². The highest BCUT2D eigenvalue weighted by atomic mass is 35.5. The molecule has 0 saturated carbocycles. The van der Waals surface area contributed by atoms with Gasteiger partial charge in [0.15, 0.2) is 0 Å². The van der Waals surface area contributed by atoms with Crippen LogP contribution >= 0.6 is 11.6 Å². The molecule has 1 amide bonds. The lowest BCUT2D eigenvalue weighted by Crippen LogP contribution is -2.09. The summed E-state index contributed by atoms with van der Waals surface area (Å²) in [5.41, 5.74) is 3.15. The molecule has 0 fully saturated rings. The standard InChI is InChI=1S/C17H15ClN2O3/c1-11-4-3-5-15(12(11)2)19-17(21)9-7-13-6-8-14(18)16(10-13)20(22)23/h3-10H,1-2H3,(H,19,21)/b9-7+. The van der Waals surface area contributed by atoms with Crippen molar-refractivity contribution in [2.24, 2.45) is 0 Å². The zero-order valence-corrected chi connectivity index (χ0v) is 13.4. The highest BCUT2D eigenvalue weighted by Crippen LogP contribution is 2.25. The highest BCUT2D eigenvalue weighted by Gasteiger charge is 2.11. The number of carbonyl (C=O) groups excluding carboxylic acids is 1. The monoisotopic (exact) mass is 330 g/mol. The van der Waals surface area contributed by atoms with Gasteiger partial charge in [0.25, 0.3) is 5.69 Å². The van der Waals surface area contributed by atoms with Crippen LogP contribution in [0.2, 0.25) is 5.02 Å². The Balaban J connectivity index is 2.14. The van der Waals surface area contributed by atoms with Crippen molar-refractivity contribution >= 4 is 35.0 Å². The number of halogens is 1. The zero-order chi connectivity index (χ0) is 17.0. The lowest BCUT2D eigenvalue weighted by Gasteiger charge is -2.08. The lowest BCUT2D eigenvalue weighted by atomic mass is 10.1. The van der Waals surface area contributed by atoms with E-state index in [0.29, 0.717) is 5.56 Å². The van der Waals surface area contributed by atoms with Crippen LogP contribution < -0.4 is 5.32 Å². The smallest absolute Gasteiger partial charge is 0.288 e. The molecular weight excluding hydrogens is 316 g/mol. The Morgan fingerprint density at radius 3 is 2.70 bits per heavy atom. The molecule has 0 spiro atoms. The second-order valence-electron chi connectivity index (χ2n) is 5.04. The number of nitrogens with zero attached hydrogens (tertiary/aromatic N) is 1. The molecule has 5 nitrogen and oxygen atoms in total. The van der Waals surface area contributed by atoms with Gasteiger partial charge in [0.05, 0.1) is 4.92 Å². The summed E-state index contributed by atoms with van der Waals surface area (Å²) < 4.78 is 0. The minimum absolute atomic E-state index is 0.0620. The third kappa shape index (κ3) is 4.17. The fraction of sp³-hybridized carbons (Fsp3) is 0.118. The zero-order valence-electron chi connectivity index (χ0n) is 12.7. The molecule has 0 saturated heterocycles. The number of anilines is 1. The van der Waals surface area contributed by atoms with Gasteiger partial charge in [0.1, 0.15) is 5.02 Å². The van der Waals surface area contributed by atoms with Crippen LogP contribution in [0.1, 0.15) is 16.7 Å². The number of amides is 1. The SMILES string of the molecule is Cc1cccc(NC(=O)/C=C/c2ccc(Cl)c([N+](=O)[O-])c2)c1C. The first kappa shape index (κ1) is 16.7. The third-order valence-electron chi connectivity index (χ3n) is 3.46. The third-order valence-corrected chi connectivity index (χ3v) is 3.78. The Morgan fingerprint density at radius 2 is 2.00 bits per heavy atom. The van der Waals surface area contributed by atoms with Crippen LogP contribution in [-0.2, 0) is 4.79 Å². The quantitative estimate of drug-likeness (QED) is 0.509. The van der Waals surface area contributed by atoms with Gasteiger partial charge in [-0.3, -0.25) is 14.9 Å². The van der Waals surface area contributed by atoms with E-state index in [9.17, 15) is 14.9 Å². The van der Waals surface area contributed by atoms with Gasteiger partial charge in [0, 0.05) is 17.8 Å². The Kier molecular flexibility index (Phi) is 5.13. The summed E-state index contributed by atoms with van der Waals surface area (Å²) in [6.45, 7) is 3.89. The molecule has 0 aliphatic rings. The summed E-state index contributed by atoms with van der Waals surface area (Å²) in [6, 6.07) is 10.0. The molecule has 0 heterocycles. The van der Waals surface area contributed by atoms with Gasteiger partial charge in [-0.05, 0) is 48.7 Å². The predicted molar refractivity (Wildman–Crippen MR) is 91.7 cm³/mol. The lowest BCUT2D eigenvalue weighted by molar-refractivity contribution is -0.384. The minimum Gasteiger partial charge on any atom is -0.322 e. The van der Waals surface area contributed by atoms with Crippen LogP contribution in [0.25, 0.3) is 6.08 Å². The van der Waals surface area contributed by atoms with Gasteiger partial charge in [-0.15, -0.1) is 0 Å². The van der Waals surface area contributed by atoms with Gasteiger partial charge < -0.3 is 5.32 Å². The summed E-state index contributed by atoms with van der Waals surface area (Å²) in [5, 5.41) is 13.7. The molecule has 118 valence electrons. The van der Waals surface area contributed by atoms with E-state index >= 15 is 0 Å². The number of hydrogen-bond acceptors (Lipinski definition) is 3. The number of nitrogens with one attached hydrogen (secondary N) is 1. The molecule has 0 aromatic heterocycles. The number of benzene rings is 2. The van der Waals surface area contributed by atoms with Crippen LogP contribution in [0.15, 0.2) is 42.5 Å². The Hall–Kier alpha value is -2.66. The normalized spacial score (nSPS) is 10.7. The maximum Gasteiger partial charge on any atom is 0.288 e. The number of rotatable bonds is 4. The van der Waals surface area contributed by atoms with E-state index in [1.54, 1.807) is 6.07 Å². The summed E-state index contributed by atoms with van der Waals surface area (Å²) in [4.78, 5) is 22.3. The first-order valence-electron chi connectivity index (χ1n) is 6.87. The fourth-order valence-corrected chi connectivity index (χ4v) is 2.19. The van der Waals surface area contributed by atoms with Crippen molar-refractivity contribution < 1.29 is 9.72 Å². The molecule has 0 radical (unpaired) electrons. The van der Waals surface area contributed by atoms with Crippen LogP contribution in [0.5, 0.6) is 0 Å². The fourth-order valence-electron chi connectivity index (χ4n) is 2.01. The molecule has 6 heteroatoms. The number of aryl methyl sites for hydroxylation is 1. The summed E-state index contributed by atoms with van der Waals surface area (Å²) in [5.74, 6) is -0.309. The van der Waals surface area contributed by atoms with Gasteiger partial charge in [-0.2, -0.15) is 0 Å². The summed E-state index contributed by atoms with van der Waals surface area (Å²) in [7, 11) is 0. The second kappa shape index (κ2) is 7.07. The maximum atomic E-state index is 12.0. The minimum atomic E-state index is -0.560. The van der Waals surface area contributed by atoms with Crippen molar-refractivity contribution in [2.45, 2.75) is 13.8 Å². The van der Waals surface area contributed by atoms with Crippen LogP contribution in [0, 0.1) is 24.0 Å². The van der Waals surface area contributed by atoms with Crippen LogP contribution in [0.4, 0.5) is 11.4 Å². The summed E-state index contributed by atoms with van der Waals surface area (Å²) in [6.07, 6.45) is 2.83. The molecule has 0 unspecified atom stereocenters. The van der Waals surface area contributed by atoms with Gasteiger partial charge >= 0.3 is 0 Å². The number of nitro benzene ring substituents is 1. The summed E-state index contributed by atoms with van der Waals surface area (Å²) >= 11 is 5.75. The molecule has 0 bridgehead atoms. The number of carbonyl (C=O) groups is 1. The van der Waals surface area contributed by atoms with Gasteiger partial charge in [-0.25, -0.2) is 0 Å². The van der Waals surface area contributed by atoms with E-state index in [0.717, 1.165) is 16.8 Å². The Labute approximate surface area is 138 Å². The van der Waals surface area contributed by atoms with E-state index in [2.05, 4.69) is 5.32 Å². The molecule has 2 rings (SSSR count). The van der Waals surface area contributed by atoms with Crippen LogP contribution in [0.3, 0.4) is 0 Å². The Bertz CT molecular complexity index is 800. The largest absolute Gasteiger partial charge is 0.322 e. The predicted octanol–water partition coefficient (Wildman–Crippen LogP) is 4.52. The van der Waals surface area contributed by atoms with Crippen molar-refractivity contribution in [1.29, 1.82) is 0 Å².